The molecule has 0 radical (unpaired) electrons. The fourth-order valence-electron chi connectivity index (χ4n) is 2.24. The molecule has 1 aliphatic heterocycles. The molecule has 0 bridgehead atoms. The summed E-state index contributed by atoms with van der Waals surface area (Å²) < 4.78 is 0. The van der Waals surface area contributed by atoms with Crippen LogP contribution in [0.25, 0.3) is 0 Å². The zero-order valence-corrected chi connectivity index (χ0v) is 10.2. The predicted molar refractivity (Wildman–Crippen MR) is 70.5 cm³/mol. The highest BCUT2D eigenvalue weighted by atomic mass is 16.1. The summed E-state index contributed by atoms with van der Waals surface area (Å²) in [5.74, 6) is 0. The van der Waals surface area contributed by atoms with E-state index < -0.39 is 0 Å². The quantitative estimate of drug-likeness (QED) is 0.798. The predicted octanol–water partition coefficient (Wildman–Crippen LogP) is 1.40. The first-order valence-corrected chi connectivity index (χ1v) is 6.11. The SMILES string of the molecule is CCN1CCN(c2ccccc2NC=O)CC1. The minimum Gasteiger partial charge on any atom is -0.367 e. The summed E-state index contributed by atoms with van der Waals surface area (Å²) >= 11 is 0. The van der Waals surface area contributed by atoms with Crippen molar-refractivity contribution in [1.29, 1.82) is 0 Å². The maximum absolute atomic E-state index is 10.6. The number of hydrogen-bond acceptors (Lipinski definition) is 3. The second kappa shape index (κ2) is 5.68. The Morgan fingerprint density at radius 3 is 2.59 bits per heavy atom. The third-order valence-electron chi connectivity index (χ3n) is 3.28. The number of hydrogen-bond donors (Lipinski definition) is 1. The number of carbonyl (C=O) groups is 1. The molecule has 1 saturated heterocycles. The Bertz CT molecular complexity index is 373. The topological polar surface area (TPSA) is 35.6 Å². The molecule has 4 heteroatoms. The van der Waals surface area contributed by atoms with Gasteiger partial charge < -0.3 is 15.1 Å². The molecule has 1 N–H and O–H groups in total. The van der Waals surface area contributed by atoms with Gasteiger partial charge in [-0.15, -0.1) is 0 Å². The van der Waals surface area contributed by atoms with E-state index in [2.05, 4.69) is 28.1 Å². The van der Waals surface area contributed by atoms with Crippen molar-refractivity contribution >= 4 is 17.8 Å². The molecule has 0 aromatic heterocycles. The van der Waals surface area contributed by atoms with Crippen LogP contribution in [0, 0.1) is 0 Å². The maximum Gasteiger partial charge on any atom is 0.211 e. The second-order valence-corrected chi connectivity index (χ2v) is 4.20. The summed E-state index contributed by atoms with van der Waals surface area (Å²) in [6, 6.07) is 7.96. The summed E-state index contributed by atoms with van der Waals surface area (Å²) in [4.78, 5) is 15.3. The van der Waals surface area contributed by atoms with Gasteiger partial charge in [0.1, 0.15) is 0 Å². The molecule has 0 spiro atoms. The summed E-state index contributed by atoms with van der Waals surface area (Å²) in [5, 5.41) is 2.76. The van der Waals surface area contributed by atoms with Crippen molar-refractivity contribution in [2.75, 3.05) is 42.9 Å². The lowest BCUT2D eigenvalue weighted by Gasteiger charge is -2.36. The minimum atomic E-state index is 0.737. The molecule has 1 fully saturated rings. The fraction of sp³-hybridized carbons (Fsp3) is 0.462. The van der Waals surface area contributed by atoms with Crippen LogP contribution in [0.4, 0.5) is 11.4 Å². The standard InChI is InChI=1S/C13H19N3O/c1-2-15-7-9-16(10-8-15)13-6-4-3-5-12(13)14-11-17/h3-6,11H,2,7-10H2,1H3,(H,14,17). The number of nitrogens with zero attached hydrogens (tertiary/aromatic N) is 2. The number of anilines is 2. The van der Waals surface area contributed by atoms with Crippen LogP contribution in [-0.2, 0) is 4.79 Å². The van der Waals surface area contributed by atoms with Gasteiger partial charge in [0.15, 0.2) is 0 Å². The molecule has 0 aliphatic carbocycles. The van der Waals surface area contributed by atoms with Crippen LogP contribution < -0.4 is 10.2 Å². The van der Waals surface area contributed by atoms with E-state index >= 15 is 0 Å². The van der Waals surface area contributed by atoms with Crippen molar-refractivity contribution in [3.8, 4) is 0 Å². The summed E-state index contributed by atoms with van der Waals surface area (Å²) in [5.41, 5.74) is 2.02. The summed E-state index contributed by atoms with van der Waals surface area (Å²) in [7, 11) is 0. The summed E-state index contributed by atoms with van der Waals surface area (Å²) in [6.07, 6.45) is 0.737. The van der Waals surface area contributed by atoms with Crippen molar-refractivity contribution in [2.24, 2.45) is 0 Å². The van der Waals surface area contributed by atoms with Gasteiger partial charge in [-0.05, 0) is 18.7 Å². The maximum atomic E-state index is 10.6. The van der Waals surface area contributed by atoms with Gasteiger partial charge in [-0.2, -0.15) is 0 Å². The lowest BCUT2D eigenvalue weighted by Crippen LogP contribution is -2.46. The molecule has 1 amide bonds. The molecule has 0 unspecified atom stereocenters. The van der Waals surface area contributed by atoms with Gasteiger partial charge >= 0.3 is 0 Å². The Balaban J connectivity index is 2.09. The first-order chi connectivity index (χ1) is 8.35. The van der Waals surface area contributed by atoms with Gasteiger partial charge in [-0.25, -0.2) is 0 Å². The minimum absolute atomic E-state index is 0.737. The van der Waals surface area contributed by atoms with Crippen LogP contribution in [0.2, 0.25) is 0 Å². The molecule has 1 aliphatic rings. The second-order valence-electron chi connectivity index (χ2n) is 4.20. The number of para-hydroxylation sites is 2. The Labute approximate surface area is 102 Å². The molecular formula is C13H19N3O. The molecule has 1 aromatic rings. The van der Waals surface area contributed by atoms with Crippen LogP contribution in [0.5, 0.6) is 0 Å². The number of nitrogens with one attached hydrogen (secondary N) is 1. The molecule has 1 heterocycles. The van der Waals surface area contributed by atoms with Gasteiger partial charge in [0.25, 0.3) is 0 Å². The molecule has 0 atom stereocenters. The lowest BCUT2D eigenvalue weighted by molar-refractivity contribution is -0.105. The zero-order chi connectivity index (χ0) is 12.1. The number of carbonyl (C=O) groups excluding carboxylic acids is 1. The first-order valence-electron chi connectivity index (χ1n) is 6.11. The molecular weight excluding hydrogens is 214 g/mol. The van der Waals surface area contributed by atoms with Crippen molar-refractivity contribution in [1.82, 2.24) is 4.90 Å². The van der Waals surface area contributed by atoms with E-state index in [4.69, 9.17) is 0 Å². The normalized spacial score (nSPS) is 16.9. The number of likely N-dealkylation sites (N-methyl/N-ethyl adjacent to an activating group) is 1. The van der Waals surface area contributed by atoms with E-state index in [0.29, 0.717) is 0 Å². The van der Waals surface area contributed by atoms with E-state index in [-0.39, 0.29) is 0 Å². The van der Waals surface area contributed by atoms with Crippen LogP contribution in [-0.4, -0.2) is 44.0 Å². The van der Waals surface area contributed by atoms with Gasteiger partial charge in [0, 0.05) is 26.2 Å². The zero-order valence-electron chi connectivity index (χ0n) is 10.2. The van der Waals surface area contributed by atoms with Crippen molar-refractivity contribution in [3.63, 3.8) is 0 Å². The Kier molecular flexibility index (Phi) is 3.98. The third kappa shape index (κ3) is 2.77. The van der Waals surface area contributed by atoms with E-state index in [1.54, 1.807) is 0 Å². The molecule has 92 valence electrons. The highest BCUT2D eigenvalue weighted by Gasteiger charge is 2.17. The van der Waals surface area contributed by atoms with Crippen LogP contribution in [0.3, 0.4) is 0 Å². The Hall–Kier alpha value is -1.55. The highest BCUT2D eigenvalue weighted by molar-refractivity contribution is 5.81. The van der Waals surface area contributed by atoms with E-state index in [1.165, 1.54) is 0 Å². The number of piperazine rings is 1. The smallest absolute Gasteiger partial charge is 0.211 e. The van der Waals surface area contributed by atoms with Gasteiger partial charge in [0.2, 0.25) is 6.41 Å². The number of benzene rings is 1. The van der Waals surface area contributed by atoms with Crippen LogP contribution in [0.1, 0.15) is 6.92 Å². The number of rotatable bonds is 4. The molecule has 1 aromatic carbocycles. The van der Waals surface area contributed by atoms with E-state index in [0.717, 1.165) is 50.5 Å². The molecule has 0 saturated carbocycles. The van der Waals surface area contributed by atoms with Crippen molar-refractivity contribution in [3.05, 3.63) is 24.3 Å². The highest BCUT2D eigenvalue weighted by Crippen LogP contribution is 2.25. The molecule has 2 rings (SSSR count). The average Bonchev–Trinajstić information content (AvgIpc) is 2.40. The molecule has 4 nitrogen and oxygen atoms in total. The van der Waals surface area contributed by atoms with Gasteiger partial charge in [0.05, 0.1) is 11.4 Å². The first kappa shape index (κ1) is 11.9. The monoisotopic (exact) mass is 233 g/mol. The lowest BCUT2D eigenvalue weighted by atomic mass is 10.2. The Morgan fingerprint density at radius 1 is 1.24 bits per heavy atom. The Morgan fingerprint density at radius 2 is 1.94 bits per heavy atom. The van der Waals surface area contributed by atoms with Crippen LogP contribution >= 0.6 is 0 Å². The average molecular weight is 233 g/mol. The van der Waals surface area contributed by atoms with E-state index in [1.807, 2.05) is 18.2 Å². The summed E-state index contributed by atoms with van der Waals surface area (Å²) in [6.45, 7) is 7.52. The van der Waals surface area contributed by atoms with E-state index in [9.17, 15) is 4.79 Å². The molecule has 17 heavy (non-hydrogen) atoms. The van der Waals surface area contributed by atoms with Gasteiger partial charge in [-0.1, -0.05) is 19.1 Å². The van der Waals surface area contributed by atoms with Crippen LogP contribution in [0.15, 0.2) is 24.3 Å². The fourth-order valence-corrected chi connectivity index (χ4v) is 2.24. The van der Waals surface area contributed by atoms with Gasteiger partial charge in [-0.3, -0.25) is 4.79 Å². The largest absolute Gasteiger partial charge is 0.367 e. The third-order valence-corrected chi connectivity index (χ3v) is 3.28. The van der Waals surface area contributed by atoms with Crippen molar-refractivity contribution in [2.45, 2.75) is 6.92 Å². The van der Waals surface area contributed by atoms with Crippen molar-refractivity contribution < 1.29 is 4.79 Å². The number of amides is 1.